The zero-order valence-electron chi connectivity index (χ0n) is 11.9. The first kappa shape index (κ1) is 15.8. The van der Waals surface area contributed by atoms with E-state index in [0.29, 0.717) is 5.56 Å². The number of rotatable bonds is 4. The molecule has 3 N–H and O–H groups in total. The number of aromatic nitrogens is 2. The molecule has 122 valence electrons. The van der Waals surface area contributed by atoms with Gasteiger partial charge in [-0.25, -0.2) is 9.00 Å². The maximum absolute atomic E-state index is 11.1. The fourth-order valence-electron chi connectivity index (χ4n) is 2.04. The van der Waals surface area contributed by atoms with Gasteiger partial charge < -0.3 is 19.3 Å². The van der Waals surface area contributed by atoms with Crippen LogP contribution in [0.25, 0.3) is 22.8 Å². The molecule has 1 atom stereocenters. The Morgan fingerprint density at radius 2 is 1.96 bits per heavy atom. The molecule has 8 nitrogen and oxygen atoms in total. The van der Waals surface area contributed by atoms with Crippen LogP contribution in [0.2, 0.25) is 0 Å². The summed E-state index contributed by atoms with van der Waals surface area (Å²) in [4.78, 5) is 15.3. The van der Waals surface area contributed by atoms with Crippen LogP contribution in [0.5, 0.6) is 5.75 Å². The Balaban J connectivity index is 2.03. The molecular formula is C15H10N2O6S. The maximum atomic E-state index is 11.1. The van der Waals surface area contributed by atoms with Gasteiger partial charge in [-0.05, 0) is 36.4 Å². The van der Waals surface area contributed by atoms with E-state index in [4.69, 9.17) is 14.2 Å². The Morgan fingerprint density at radius 3 is 2.67 bits per heavy atom. The lowest BCUT2D eigenvalue weighted by atomic mass is 10.1. The maximum Gasteiger partial charge on any atom is 0.335 e. The van der Waals surface area contributed by atoms with Crippen molar-refractivity contribution in [1.82, 2.24) is 10.1 Å². The van der Waals surface area contributed by atoms with Gasteiger partial charge in [0.25, 0.3) is 5.89 Å². The number of carboxylic acid groups (broad SMARTS) is 1. The SMILES string of the molecule is O=C(O)c1ccc(O)c(-c2noc(-c3cccc(S(=O)O)c3)n2)c1. The number of hydrogen-bond acceptors (Lipinski definition) is 6. The third-order valence-corrected chi connectivity index (χ3v) is 3.85. The number of carbonyl (C=O) groups is 1. The quantitative estimate of drug-likeness (QED) is 0.613. The first-order valence-corrected chi connectivity index (χ1v) is 7.68. The smallest absolute Gasteiger partial charge is 0.335 e. The van der Waals surface area contributed by atoms with Crippen molar-refractivity contribution >= 4 is 17.0 Å². The molecule has 0 aliphatic carbocycles. The number of phenols is 1. The largest absolute Gasteiger partial charge is 0.507 e. The van der Waals surface area contributed by atoms with Crippen LogP contribution in [-0.4, -0.2) is 35.1 Å². The molecule has 1 unspecified atom stereocenters. The van der Waals surface area contributed by atoms with E-state index in [-0.39, 0.29) is 33.5 Å². The lowest BCUT2D eigenvalue weighted by molar-refractivity contribution is 0.0697. The second-order valence-electron chi connectivity index (χ2n) is 4.74. The summed E-state index contributed by atoms with van der Waals surface area (Å²) in [6.45, 7) is 0. The Kier molecular flexibility index (Phi) is 4.11. The Morgan fingerprint density at radius 1 is 1.17 bits per heavy atom. The van der Waals surface area contributed by atoms with Gasteiger partial charge in [-0.2, -0.15) is 4.98 Å². The number of aromatic hydroxyl groups is 1. The molecule has 0 aliphatic rings. The van der Waals surface area contributed by atoms with E-state index in [0.717, 1.165) is 0 Å². The molecule has 0 amide bonds. The first-order valence-electron chi connectivity index (χ1n) is 6.57. The number of nitrogens with zero attached hydrogens (tertiary/aromatic N) is 2. The summed E-state index contributed by atoms with van der Waals surface area (Å²) in [5.74, 6) is -1.28. The molecule has 0 spiro atoms. The molecule has 0 radical (unpaired) electrons. The highest BCUT2D eigenvalue weighted by atomic mass is 32.2. The van der Waals surface area contributed by atoms with Crippen LogP contribution in [0.4, 0.5) is 0 Å². The van der Waals surface area contributed by atoms with Gasteiger partial charge in [0.2, 0.25) is 5.82 Å². The standard InChI is InChI=1S/C15H10N2O6S/c18-12-5-4-9(15(19)20)7-11(12)13-16-14(23-17-13)8-2-1-3-10(6-8)24(21)22/h1-7,18H,(H,19,20)(H,21,22). The monoisotopic (exact) mass is 346 g/mol. The molecule has 1 aromatic heterocycles. The third kappa shape index (κ3) is 3.03. The average molecular weight is 346 g/mol. The van der Waals surface area contributed by atoms with Gasteiger partial charge >= 0.3 is 5.97 Å². The van der Waals surface area contributed by atoms with Crippen LogP contribution < -0.4 is 0 Å². The zero-order chi connectivity index (χ0) is 17.3. The minimum absolute atomic E-state index is 0.00104. The summed E-state index contributed by atoms with van der Waals surface area (Å²) in [6.07, 6.45) is 0. The molecule has 9 heteroatoms. The van der Waals surface area contributed by atoms with Crippen molar-refractivity contribution in [2.45, 2.75) is 4.90 Å². The minimum Gasteiger partial charge on any atom is -0.507 e. The molecular weight excluding hydrogens is 336 g/mol. The van der Waals surface area contributed by atoms with Gasteiger partial charge in [-0.3, -0.25) is 0 Å². The minimum atomic E-state index is -2.15. The average Bonchev–Trinajstić information content (AvgIpc) is 3.05. The molecule has 3 aromatic rings. The highest BCUT2D eigenvalue weighted by molar-refractivity contribution is 7.79. The van der Waals surface area contributed by atoms with E-state index in [1.54, 1.807) is 12.1 Å². The van der Waals surface area contributed by atoms with Gasteiger partial charge in [-0.1, -0.05) is 11.2 Å². The van der Waals surface area contributed by atoms with Crippen molar-refractivity contribution in [3.05, 3.63) is 48.0 Å². The van der Waals surface area contributed by atoms with Gasteiger partial charge in [-0.15, -0.1) is 0 Å². The van der Waals surface area contributed by atoms with E-state index in [1.807, 2.05) is 0 Å². The second kappa shape index (κ2) is 6.22. The zero-order valence-corrected chi connectivity index (χ0v) is 12.7. The van der Waals surface area contributed by atoms with Crippen LogP contribution in [0, 0.1) is 0 Å². The topological polar surface area (TPSA) is 134 Å². The number of aromatic carboxylic acids is 1. The van der Waals surface area contributed by atoms with Crippen molar-refractivity contribution in [1.29, 1.82) is 0 Å². The van der Waals surface area contributed by atoms with Crippen molar-refractivity contribution in [3.8, 4) is 28.6 Å². The summed E-state index contributed by atoms with van der Waals surface area (Å²) in [6, 6.07) is 9.77. The molecule has 2 aromatic carbocycles. The molecule has 0 aliphatic heterocycles. The summed E-state index contributed by atoms with van der Waals surface area (Å²) in [5.41, 5.74) is 0.487. The summed E-state index contributed by atoms with van der Waals surface area (Å²) in [5, 5.41) is 22.6. The third-order valence-electron chi connectivity index (χ3n) is 3.19. The van der Waals surface area contributed by atoms with E-state index >= 15 is 0 Å². The van der Waals surface area contributed by atoms with Crippen molar-refractivity contribution in [2.75, 3.05) is 0 Å². The molecule has 0 saturated carbocycles. The molecule has 0 bridgehead atoms. The summed E-state index contributed by atoms with van der Waals surface area (Å²) in [7, 11) is 0. The lowest BCUT2D eigenvalue weighted by Crippen LogP contribution is -1.96. The van der Waals surface area contributed by atoms with Crippen molar-refractivity contribution in [3.63, 3.8) is 0 Å². The predicted molar refractivity (Wildman–Crippen MR) is 82.8 cm³/mol. The fraction of sp³-hybridized carbons (Fsp3) is 0. The Labute approximate surface area is 137 Å². The highest BCUT2D eigenvalue weighted by Gasteiger charge is 2.16. The first-order chi connectivity index (χ1) is 11.5. The second-order valence-corrected chi connectivity index (χ2v) is 5.71. The predicted octanol–water partition coefficient (Wildman–Crippen LogP) is 2.39. The van der Waals surface area contributed by atoms with Crippen LogP contribution in [0.15, 0.2) is 51.9 Å². The number of carboxylic acids is 1. The Hall–Kier alpha value is -3.04. The van der Waals surface area contributed by atoms with Crippen LogP contribution in [0.1, 0.15) is 10.4 Å². The van der Waals surface area contributed by atoms with Crippen LogP contribution in [0.3, 0.4) is 0 Å². The lowest BCUT2D eigenvalue weighted by Gasteiger charge is -2.01. The number of hydrogen-bond donors (Lipinski definition) is 3. The normalized spacial score (nSPS) is 12.0. The van der Waals surface area contributed by atoms with Crippen LogP contribution in [-0.2, 0) is 11.1 Å². The molecule has 3 rings (SSSR count). The summed E-state index contributed by atoms with van der Waals surface area (Å²) < 4.78 is 25.3. The molecule has 1 heterocycles. The molecule has 24 heavy (non-hydrogen) atoms. The van der Waals surface area contributed by atoms with Gasteiger partial charge in [0.15, 0.2) is 11.1 Å². The Bertz CT molecular complexity index is 953. The van der Waals surface area contributed by atoms with Gasteiger partial charge in [0.1, 0.15) is 5.75 Å². The highest BCUT2D eigenvalue weighted by Crippen LogP contribution is 2.30. The number of benzene rings is 2. The molecule has 0 fully saturated rings. The molecule has 0 saturated heterocycles. The van der Waals surface area contributed by atoms with Crippen molar-refractivity contribution < 1.29 is 28.3 Å². The van der Waals surface area contributed by atoms with E-state index in [2.05, 4.69) is 10.1 Å². The fourth-order valence-corrected chi connectivity index (χ4v) is 2.46. The van der Waals surface area contributed by atoms with Crippen molar-refractivity contribution in [2.24, 2.45) is 0 Å². The van der Waals surface area contributed by atoms with Crippen LogP contribution >= 0.6 is 0 Å². The van der Waals surface area contributed by atoms with E-state index < -0.39 is 17.0 Å². The summed E-state index contributed by atoms with van der Waals surface area (Å²) >= 11 is -2.15. The van der Waals surface area contributed by atoms with Gasteiger partial charge in [0, 0.05) is 5.56 Å². The number of phenolic OH excluding ortho intramolecular Hbond substituents is 1. The van der Waals surface area contributed by atoms with E-state index in [1.165, 1.54) is 30.3 Å². The van der Waals surface area contributed by atoms with E-state index in [9.17, 15) is 14.1 Å². The van der Waals surface area contributed by atoms with Gasteiger partial charge in [0.05, 0.1) is 16.0 Å².